The van der Waals surface area contributed by atoms with Crippen LogP contribution in [0.3, 0.4) is 0 Å². The van der Waals surface area contributed by atoms with Crippen LogP contribution < -0.4 is 10.9 Å². The molecule has 0 aliphatic heterocycles. The molecule has 0 bridgehead atoms. The number of hydrogen-bond acceptors (Lipinski definition) is 4. The number of aryl methyl sites for hydroxylation is 2. The molecule has 0 saturated heterocycles. The van der Waals surface area contributed by atoms with Crippen LogP contribution in [0.1, 0.15) is 18.1 Å². The number of anilines is 2. The van der Waals surface area contributed by atoms with Crippen molar-refractivity contribution < 1.29 is 4.42 Å². The largest absolute Gasteiger partial charge is 0.388 e. The van der Waals surface area contributed by atoms with Crippen LogP contribution in [-0.2, 0) is 6.42 Å². The fourth-order valence-electron chi connectivity index (χ4n) is 2.40. The molecule has 0 aliphatic carbocycles. The highest BCUT2D eigenvalue weighted by Crippen LogP contribution is 2.21. The Balaban J connectivity index is 2.08. The van der Waals surface area contributed by atoms with Crippen molar-refractivity contribution in [2.45, 2.75) is 20.3 Å². The number of nitrogens with one attached hydrogen (secondary N) is 1. The van der Waals surface area contributed by atoms with Crippen molar-refractivity contribution in [3.63, 3.8) is 0 Å². The van der Waals surface area contributed by atoms with E-state index in [2.05, 4.69) is 17.2 Å². The van der Waals surface area contributed by atoms with Gasteiger partial charge in [-0.2, -0.15) is 4.98 Å². The van der Waals surface area contributed by atoms with Crippen LogP contribution in [0.25, 0.3) is 10.9 Å². The van der Waals surface area contributed by atoms with Gasteiger partial charge in [-0.1, -0.05) is 37.3 Å². The molecule has 4 nitrogen and oxygen atoms in total. The van der Waals surface area contributed by atoms with Crippen LogP contribution in [0.2, 0.25) is 0 Å². The molecule has 4 heteroatoms. The van der Waals surface area contributed by atoms with Crippen LogP contribution in [-0.4, -0.2) is 4.98 Å². The lowest BCUT2D eigenvalue weighted by atomic mass is 10.1. The normalized spacial score (nSPS) is 10.8. The van der Waals surface area contributed by atoms with Gasteiger partial charge in [0, 0.05) is 5.69 Å². The summed E-state index contributed by atoms with van der Waals surface area (Å²) in [4.78, 5) is 16.5. The third-order valence-electron chi connectivity index (χ3n) is 3.51. The lowest BCUT2D eigenvalue weighted by molar-refractivity contribution is 0.521. The average molecular weight is 280 g/mol. The highest BCUT2D eigenvalue weighted by molar-refractivity contribution is 5.81. The molecule has 1 heterocycles. The van der Waals surface area contributed by atoms with Crippen molar-refractivity contribution in [3.05, 3.63) is 64.0 Å². The van der Waals surface area contributed by atoms with Crippen molar-refractivity contribution in [1.29, 1.82) is 0 Å². The quantitative estimate of drug-likeness (QED) is 0.792. The first-order chi connectivity index (χ1) is 10.2. The topological polar surface area (TPSA) is 55.1 Å². The fraction of sp³-hybridized carbons (Fsp3) is 0.176. The van der Waals surface area contributed by atoms with Crippen LogP contribution >= 0.6 is 0 Å². The number of para-hydroxylation sites is 1. The van der Waals surface area contributed by atoms with E-state index in [1.807, 2.05) is 49.4 Å². The minimum atomic E-state index is -0.366. The van der Waals surface area contributed by atoms with Gasteiger partial charge in [-0.3, -0.25) is 0 Å². The van der Waals surface area contributed by atoms with E-state index in [0.29, 0.717) is 10.9 Å². The highest BCUT2D eigenvalue weighted by atomic mass is 16.4. The molecule has 1 aromatic heterocycles. The van der Waals surface area contributed by atoms with Crippen molar-refractivity contribution in [2.24, 2.45) is 0 Å². The first-order valence-corrected chi connectivity index (χ1v) is 6.94. The molecule has 0 saturated carbocycles. The van der Waals surface area contributed by atoms with E-state index < -0.39 is 0 Å². The standard InChI is InChI=1S/C17H16N2O2/c1-3-12-8-4-5-9-13(12)18-17-19-14-10-6-7-11(2)15(14)16(20)21-17/h4-10H,3H2,1-2H3,(H,18,19). The van der Waals surface area contributed by atoms with E-state index in [1.54, 1.807) is 0 Å². The van der Waals surface area contributed by atoms with Crippen molar-refractivity contribution in [1.82, 2.24) is 4.98 Å². The number of fused-ring (bicyclic) bond motifs is 1. The molecule has 21 heavy (non-hydrogen) atoms. The van der Waals surface area contributed by atoms with E-state index in [0.717, 1.165) is 23.2 Å². The summed E-state index contributed by atoms with van der Waals surface area (Å²) in [5, 5.41) is 3.63. The van der Waals surface area contributed by atoms with Crippen molar-refractivity contribution in [3.8, 4) is 0 Å². The van der Waals surface area contributed by atoms with E-state index in [-0.39, 0.29) is 11.6 Å². The molecule has 0 amide bonds. The monoisotopic (exact) mass is 280 g/mol. The maximum Gasteiger partial charge on any atom is 0.348 e. The Morgan fingerprint density at radius 1 is 1.14 bits per heavy atom. The van der Waals surface area contributed by atoms with Gasteiger partial charge in [-0.05, 0) is 36.6 Å². The predicted octanol–water partition coefficient (Wildman–Crippen LogP) is 3.80. The minimum Gasteiger partial charge on any atom is -0.388 e. The van der Waals surface area contributed by atoms with E-state index >= 15 is 0 Å². The summed E-state index contributed by atoms with van der Waals surface area (Å²) in [6.45, 7) is 3.95. The molecule has 3 rings (SSSR count). The van der Waals surface area contributed by atoms with Crippen LogP contribution in [0.4, 0.5) is 11.7 Å². The first-order valence-electron chi connectivity index (χ1n) is 6.94. The van der Waals surface area contributed by atoms with Gasteiger partial charge in [0.2, 0.25) is 0 Å². The van der Waals surface area contributed by atoms with Gasteiger partial charge in [-0.25, -0.2) is 4.79 Å². The average Bonchev–Trinajstić information content (AvgIpc) is 2.47. The Labute approximate surface area is 122 Å². The number of benzene rings is 2. The third kappa shape index (κ3) is 2.52. The van der Waals surface area contributed by atoms with E-state index in [9.17, 15) is 4.79 Å². The second-order valence-electron chi connectivity index (χ2n) is 4.91. The molecular weight excluding hydrogens is 264 g/mol. The molecule has 1 N–H and O–H groups in total. The second-order valence-corrected chi connectivity index (χ2v) is 4.91. The van der Waals surface area contributed by atoms with Gasteiger partial charge < -0.3 is 9.73 Å². The van der Waals surface area contributed by atoms with Gasteiger partial charge in [0.25, 0.3) is 0 Å². The molecule has 0 unspecified atom stereocenters. The van der Waals surface area contributed by atoms with Gasteiger partial charge in [0.15, 0.2) is 0 Å². The number of hydrogen-bond donors (Lipinski definition) is 1. The minimum absolute atomic E-state index is 0.221. The summed E-state index contributed by atoms with van der Waals surface area (Å²) in [7, 11) is 0. The zero-order chi connectivity index (χ0) is 14.8. The Hall–Kier alpha value is -2.62. The molecule has 0 atom stereocenters. The fourth-order valence-corrected chi connectivity index (χ4v) is 2.40. The number of nitrogens with zero attached hydrogens (tertiary/aromatic N) is 1. The van der Waals surface area contributed by atoms with Crippen molar-refractivity contribution >= 4 is 22.6 Å². The van der Waals surface area contributed by atoms with Gasteiger partial charge in [-0.15, -0.1) is 0 Å². The summed E-state index contributed by atoms with van der Waals surface area (Å²) in [5.41, 5.74) is 3.19. The highest BCUT2D eigenvalue weighted by Gasteiger charge is 2.09. The first kappa shape index (κ1) is 13.4. The summed E-state index contributed by atoms with van der Waals surface area (Å²) < 4.78 is 5.30. The molecule has 2 aromatic carbocycles. The Kier molecular flexibility index (Phi) is 3.44. The van der Waals surface area contributed by atoms with E-state index in [4.69, 9.17) is 4.42 Å². The SMILES string of the molecule is CCc1ccccc1Nc1nc2cccc(C)c2c(=O)o1. The molecule has 0 fully saturated rings. The summed E-state index contributed by atoms with van der Waals surface area (Å²) >= 11 is 0. The third-order valence-corrected chi connectivity index (χ3v) is 3.51. The molecule has 0 radical (unpaired) electrons. The number of rotatable bonds is 3. The lowest BCUT2D eigenvalue weighted by Gasteiger charge is -2.09. The Morgan fingerprint density at radius 3 is 2.76 bits per heavy atom. The lowest BCUT2D eigenvalue weighted by Crippen LogP contribution is -2.07. The van der Waals surface area contributed by atoms with Gasteiger partial charge >= 0.3 is 11.6 Å². The summed E-state index contributed by atoms with van der Waals surface area (Å²) in [6, 6.07) is 13.7. The Morgan fingerprint density at radius 2 is 1.95 bits per heavy atom. The maximum absolute atomic E-state index is 12.1. The van der Waals surface area contributed by atoms with Crippen LogP contribution in [0.15, 0.2) is 51.7 Å². The molecule has 0 aliphatic rings. The zero-order valence-corrected chi connectivity index (χ0v) is 12.0. The Bertz CT molecular complexity index is 853. The molecule has 3 aromatic rings. The second kappa shape index (κ2) is 5.40. The smallest absolute Gasteiger partial charge is 0.348 e. The van der Waals surface area contributed by atoms with Gasteiger partial charge in [0.1, 0.15) is 0 Å². The van der Waals surface area contributed by atoms with E-state index in [1.165, 1.54) is 0 Å². The molecule has 106 valence electrons. The summed E-state index contributed by atoms with van der Waals surface area (Å²) in [5.74, 6) is 0. The maximum atomic E-state index is 12.1. The van der Waals surface area contributed by atoms with Gasteiger partial charge in [0.05, 0.1) is 10.9 Å². The molecule has 0 spiro atoms. The predicted molar refractivity (Wildman–Crippen MR) is 84.1 cm³/mol. The van der Waals surface area contributed by atoms with Crippen LogP contribution in [0.5, 0.6) is 0 Å². The van der Waals surface area contributed by atoms with Crippen molar-refractivity contribution in [2.75, 3.05) is 5.32 Å². The van der Waals surface area contributed by atoms with Crippen LogP contribution in [0, 0.1) is 6.92 Å². The zero-order valence-electron chi connectivity index (χ0n) is 12.0. The summed E-state index contributed by atoms with van der Waals surface area (Å²) in [6.07, 6.45) is 0.889. The number of aromatic nitrogens is 1. The molecular formula is C17H16N2O2.